The molecule has 0 N–H and O–H groups in total. The number of alkyl halides is 3. The van der Waals surface area contributed by atoms with Crippen LogP contribution < -0.4 is 0 Å². The van der Waals surface area contributed by atoms with Crippen LogP contribution in [-0.4, -0.2) is 25.2 Å². The Morgan fingerprint density at radius 1 is 1.45 bits per heavy atom. The van der Waals surface area contributed by atoms with Crippen LogP contribution in [0.15, 0.2) is 0 Å². The Balaban J connectivity index is 4.67. The molecule has 0 spiro atoms. The van der Waals surface area contributed by atoms with E-state index in [1.807, 2.05) is 0 Å². The van der Waals surface area contributed by atoms with E-state index in [4.69, 9.17) is 7.85 Å². The number of hydrogen-bond acceptors (Lipinski definition) is 1. The van der Waals surface area contributed by atoms with Gasteiger partial charge in [-0.25, -0.2) is 4.39 Å². The Bertz CT molecular complexity index is 167. The fourth-order valence-corrected chi connectivity index (χ4v) is 0.495. The van der Waals surface area contributed by atoms with Crippen LogP contribution in [0, 0.1) is 0 Å². The summed E-state index contributed by atoms with van der Waals surface area (Å²) in [6, 6.07) is 0. The van der Waals surface area contributed by atoms with Crippen molar-refractivity contribution in [3.63, 3.8) is 0 Å². The Morgan fingerprint density at radius 3 is 1.91 bits per heavy atom. The van der Waals surface area contributed by atoms with Crippen molar-refractivity contribution in [1.82, 2.24) is 0 Å². The van der Waals surface area contributed by atoms with Gasteiger partial charge in [-0.05, 0) is 13.2 Å². The minimum absolute atomic E-state index is 0.606. The van der Waals surface area contributed by atoms with Crippen molar-refractivity contribution >= 4 is 13.6 Å². The number of hydrogen-bond donors (Lipinski definition) is 0. The molecule has 0 aromatic rings. The first-order valence-corrected chi connectivity index (χ1v) is 3.03. The lowest BCUT2D eigenvalue weighted by atomic mass is 9.84. The summed E-state index contributed by atoms with van der Waals surface area (Å²) in [5, 5.41) is 0. The molecule has 0 fully saturated rings. The minimum Gasteiger partial charge on any atom is -0.293 e. The third-order valence-electron chi connectivity index (χ3n) is 1.48. The molecule has 0 aliphatic rings. The molecule has 0 amide bonds. The maximum Gasteiger partial charge on any atom is 0.337 e. The molecule has 0 rings (SSSR count). The van der Waals surface area contributed by atoms with E-state index >= 15 is 0 Å². The third kappa shape index (κ3) is 1.76. The molecule has 62 valence electrons. The molecule has 0 aliphatic carbocycles. The van der Waals surface area contributed by atoms with Gasteiger partial charge in [-0.1, -0.05) is 0 Å². The zero-order valence-corrected chi connectivity index (χ0v) is 6.33. The summed E-state index contributed by atoms with van der Waals surface area (Å²) in [5.74, 6) is -5.49. The van der Waals surface area contributed by atoms with E-state index in [1.54, 1.807) is 0 Å². The highest BCUT2D eigenvalue weighted by molar-refractivity contribution is 6.09. The van der Waals surface area contributed by atoms with Crippen molar-refractivity contribution in [2.24, 2.45) is 0 Å². The zero-order chi connectivity index (χ0) is 9.28. The van der Waals surface area contributed by atoms with Gasteiger partial charge in [0.15, 0.2) is 5.67 Å². The van der Waals surface area contributed by atoms with E-state index in [0.29, 0.717) is 13.8 Å². The van der Waals surface area contributed by atoms with Gasteiger partial charge < -0.3 is 0 Å². The molecule has 0 saturated carbocycles. The summed E-state index contributed by atoms with van der Waals surface area (Å²) in [7, 11) is 4.72. The summed E-state index contributed by atoms with van der Waals surface area (Å²) >= 11 is 0. The fraction of sp³-hybridized carbons (Fsp3) is 0.833. The Labute approximate surface area is 64.4 Å². The number of Topliss-reactive ketones (excluding diaryl/α,β-unsaturated/α-hetero) is 1. The third-order valence-corrected chi connectivity index (χ3v) is 1.48. The molecule has 1 unspecified atom stereocenters. The van der Waals surface area contributed by atoms with Crippen LogP contribution in [0.25, 0.3) is 0 Å². The lowest BCUT2D eigenvalue weighted by molar-refractivity contribution is -0.162. The number of carbonyl (C=O) groups excluding carboxylic acids is 1. The van der Waals surface area contributed by atoms with Gasteiger partial charge in [0.05, 0.1) is 7.85 Å². The number of rotatable bonds is 3. The van der Waals surface area contributed by atoms with Crippen LogP contribution in [0.4, 0.5) is 13.2 Å². The first-order chi connectivity index (χ1) is 4.75. The molecule has 0 aliphatic heterocycles. The van der Waals surface area contributed by atoms with Crippen LogP contribution in [0.2, 0.25) is 6.32 Å². The van der Waals surface area contributed by atoms with Crippen molar-refractivity contribution in [1.29, 1.82) is 0 Å². The topological polar surface area (TPSA) is 17.1 Å². The lowest BCUT2D eigenvalue weighted by Gasteiger charge is -2.26. The SMILES string of the molecule is [B]CC(C)(F)C(F)(F)C(C)=O. The average Bonchev–Trinajstić information content (AvgIpc) is 1.87. The van der Waals surface area contributed by atoms with E-state index in [2.05, 4.69) is 0 Å². The van der Waals surface area contributed by atoms with E-state index < -0.39 is 23.7 Å². The highest BCUT2D eigenvalue weighted by Crippen LogP contribution is 2.35. The molecule has 1 atom stereocenters. The van der Waals surface area contributed by atoms with Gasteiger partial charge >= 0.3 is 5.92 Å². The molecule has 0 saturated heterocycles. The van der Waals surface area contributed by atoms with Crippen LogP contribution in [-0.2, 0) is 4.79 Å². The second-order valence-corrected chi connectivity index (χ2v) is 2.53. The molecule has 1 nitrogen and oxygen atoms in total. The molecule has 5 heteroatoms. The van der Waals surface area contributed by atoms with E-state index in [0.717, 1.165) is 0 Å². The smallest absolute Gasteiger partial charge is 0.293 e. The van der Waals surface area contributed by atoms with Gasteiger partial charge in [0.2, 0.25) is 5.78 Å². The predicted octanol–water partition coefficient (Wildman–Crippen LogP) is 1.53. The quantitative estimate of drug-likeness (QED) is 0.578. The molecular weight excluding hydrogens is 156 g/mol. The number of halogens is 3. The average molecular weight is 164 g/mol. The first kappa shape index (κ1) is 10.5. The summed E-state index contributed by atoms with van der Waals surface area (Å²) < 4.78 is 37.8. The van der Waals surface area contributed by atoms with Crippen molar-refractivity contribution in [2.45, 2.75) is 31.8 Å². The number of carbonyl (C=O) groups is 1. The van der Waals surface area contributed by atoms with Gasteiger partial charge in [0, 0.05) is 6.92 Å². The molecule has 11 heavy (non-hydrogen) atoms. The normalized spacial score (nSPS) is 17.5. The van der Waals surface area contributed by atoms with Gasteiger partial charge in [0.1, 0.15) is 0 Å². The van der Waals surface area contributed by atoms with Gasteiger partial charge in [0.25, 0.3) is 0 Å². The Morgan fingerprint density at radius 2 is 1.82 bits per heavy atom. The summed E-state index contributed by atoms with van der Waals surface area (Å²) in [6.07, 6.45) is -0.875. The van der Waals surface area contributed by atoms with Gasteiger partial charge in [-0.3, -0.25) is 4.79 Å². The molecule has 0 aromatic heterocycles. The molecule has 2 radical (unpaired) electrons. The fourth-order valence-electron chi connectivity index (χ4n) is 0.495. The van der Waals surface area contributed by atoms with E-state index in [9.17, 15) is 18.0 Å². The molecular formula is C6H8BF3O. The van der Waals surface area contributed by atoms with Crippen LogP contribution in [0.1, 0.15) is 13.8 Å². The van der Waals surface area contributed by atoms with Crippen molar-refractivity contribution in [2.75, 3.05) is 0 Å². The van der Waals surface area contributed by atoms with Gasteiger partial charge in [-0.2, -0.15) is 8.78 Å². The highest BCUT2D eigenvalue weighted by Gasteiger charge is 2.53. The Hall–Kier alpha value is -0.475. The minimum atomic E-state index is -3.98. The summed E-state index contributed by atoms with van der Waals surface area (Å²) in [5.41, 5.74) is -2.95. The summed E-state index contributed by atoms with van der Waals surface area (Å²) in [4.78, 5) is 10.2. The van der Waals surface area contributed by atoms with E-state index in [1.165, 1.54) is 0 Å². The van der Waals surface area contributed by atoms with Crippen LogP contribution in [0.5, 0.6) is 0 Å². The second kappa shape index (κ2) is 2.87. The van der Waals surface area contributed by atoms with E-state index in [-0.39, 0.29) is 0 Å². The monoisotopic (exact) mass is 164 g/mol. The predicted molar refractivity (Wildman–Crippen MR) is 35.7 cm³/mol. The standard InChI is InChI=1S/C6H8BF3O/c1-4(11)6(9,10)5(2,8)3-7/h3H2,1-2H3. The zero-order valence-electron chi connectivity index (χ0n) is 6.33. The first-order valence-electron chi connectivity index (χ1n) is 3.03. The molecule has 0 bridgehead atoms. The van der Waals surface area contributed by atoms with Gasteiger partial charge in [-0.15, -0.1) is 0 Å². The number of ketones is 1. The summed E-state index contributed by atoms with van der Waals surface area (Å²) in [6.45, 7) is 1.24. The molecule has 0 heterocycles. The highest BCUT2D eigenvalue weighted by atomic mass is 19.3. The maximum atomic E-state index is 12.8. The molecule has 0 aromatic carbocycles. The van der Waals surface area contributed by atoms with Crippen LogP contribution >= 0.6 is 0 Å². The Kier molecular flexibility index (Phi) is 2.75. The lowest BCUT2D eigenvalue weighted by Crippen LogP contribution is -2.46. The van der Waals surface area contributed by atoms with Crippen molar-refractivity contribution in [3.8, 4) is 0 Å². The van der Waals surface area contributed by atoms with Crippen LogP contribution in [0.3, 0.4) is 0 Å². The second-order valence-electron chi connectivity index (χ2n) is 2.53. The maximum absolute atomic E-state index is 12.8. The largest absolute Gasteiger partial charge is 0.337 e. The van der Waals surface area contributed by atoms with Crippen molar-refractivity contribution < 1.29 is 18.0 Å². The van der Waals surface area contributed by atoms with Crippen molar-refractivity contribution in [3.05, 3.63) is 0 Å².